The minimum absolute atomic E-state index is 0.0442. The zero-order chi connectivity index (χ0) is 29.4. The van der Waals surface area contributed by atoms with Crippen LogP contribution < -0.4 is 21.7 Å². The van der Waals surface area contributed by atoms with Crippen LogP contribution in [0.1, 0.15) is 18.1 Å². The molecular formula is C27H33N5O8. The van der Waals surface area contributed by atoms with Gasteiger partial charge in [0.2, 0.25) is 17.7 Å². The third-order valence-corrected chi connectivity index (χ3v) is 6.32. The molecule has 214 valence electrons. The Kier molecular flexibility index (Phi) is 10.2. The minimum atomic E-state index is -1.57. The van der Waals surface area contributed by atoms with Crippen molar-refractivity contribution in [2.45, 2.75) is 50.0 Å². The van der Waals surface area contributed by atoms with E-state index in [1.54, 1.807) is 30.5 Å². The summed E-state index contributed by atoms with van der Waals surface area (Å²) >= 11 is 0. The molecule has 0 radical (unpaired) electrons. The molecule has 0 fully saturated rings. The van der Waals surface area contributed by atoms with E-state index in [2.05, 4.69) is 20.9 Å². The Hall–Kier alpha value is -4.46. The van der Waals surface area contributed by atoms with Gasteiger partial charge in [-0.3, -0.25) is 14.4 Å². The van der Waals surface area contributed by atoms with Crippen molar-refractivity contribution in [3.05, 3.63) is 65.9 Å². The predicted octanol–water partition coefficient (Wildman–Crippen LogP) is -1.10. The van der Waals surface area contributed by atoms with E-state index in [0.717, 1.165) is 10.9 Å². The molecule has 0 saturated carbocycles. The molecule has 0 saturated heterocycles. The fourth-order valence-electron chi connectivity index (χ4n) is 4.09. The molecule has 1 aromatic heterocycles. The maximum absolute atomic E-state index is 12.9. The summed E-state index contributed by atoms with van der Waals surface area (Å²) in [5, 5.41) is 46.6. The van der Waals surface area contributed by atoms with Gasteiger partial charge in [0.15, 0.2) is 0 Å². The Morgan fingerprint density at radius 3 is 2.17 bits per heavy atom. The molecule has 13 heteroatoms. The summed E-state index contributed by atoms with van der Waals surface area (Å²) in [7, 11) is 0. The number of aliphatic hydroxyl groups excluding tert-OH is 2. The molecule has 0 bridgehead atoms. The summed E-state index contributed by atoms with van der Waals surface area (Å²) in [6.45, 7) is 0.365. The fraction of sp³-hybridized carbons (Fsp3) is 0.333. The molecule has 2 aromatic carbocycles. The molecule has 0 aliphatic carbocycles. The zero-order valence-electron chi connectivity index (χ0n) is 21.7. The second kappa shape index (κ2) is 13.6. The van der Waals surface area contributed by atoms with Crippen LogP contribution in [0, 0.1) is 0 Å². The van der Waals surface area contributed by atoms with E-state index in [0.29, 0.717) is 11.1 Å². The number of carbonyl (C=O) groups excluding carboxylic acids is 3. The van der Waals surface area contributed by atoms with Gasteiger partial charge in [0.05, 0.1) is 18.8 Å². The van der Waals surface area contributed by atoms with E-state index in [1.807, 2.05) is 12.1 Å². The van der Waals surface area contributed by atoms with E-state index in [1.165, 1.54) is 19.1 Å². The Morgan fingerprint density at radius 2 is 1.55 bits per heavy atom. The van der Waals surface area contributed by atoms with Crippen LogP contribution >= 0.6 is 0 Å². The third kappa shape index (κ3) is 7.79. The Bertz CT molecular complexity index is 1340. The minimum Gasteiger partial charge on any atom is -0.508 e. The monoisotopic (exact) mass is 555 g/mol. The van der Waals surface area contributed by atoms with Gasteiger partial charge in [-0.05, 0) is 42.7 Å². The summed E-state index contributed by atoms with van der Waals surface area (Å²) in [5.41, 5.74) is 8.02. The van der Waals surface area contributed by atoms with Gasteiger partial charge in [0.25, 0.3) is 0 Å². The number of carboxylic acid groups (broad SMARTS) is 1. The SMILES string of the molecule is CC(O)C(NC(=O)C(N)Cc1ccc(O)cc1)C(=O)NC(CO)C(=O)NC(Cc1c[nH]c2ccccc12)C(=O)O. The highest BCUT2D eigenvalue weighted by molar-refractivity contribution is 5.94. The van der Waals surface area contributed by atoms with Crippen LogP contribution in [0.15, 0.2) is 54.7 Å². The van der Waals surface area contributed by atoms with Gasteiger partial charge in [-0.2, -0.15) is 0 Å². The Balaban J connectivity index is 1.63. The maximum atomic E-state index is 12.9. The molecule has 5 unspecified atom stereocenters. The van der Waals surface area contributed by atoms with Crippen LogP contribution in [0.5, 0.6) is 5.75 Å². The number of aliphatic carboxylic acids is 1. The number of rotatable bonds is 13. The van der Waals surface area contributed by atoms with Crippen LogP contribution in [-0.2, 0) is 32.0 Å². The molecule has 1 heterocycles. The standard InChI is InChI=1S/C27H33N5O8/c1-14(34)23(32-24(36)19(28)10-15-6-8-17(35)9-7-15)26(38)31-22(13-33)25(37)30-21(27(39)40)11-16-12-29-20-5-3-2-4-18(16)20/h2-9,12,14,19,21-23,29,33-35H,10-11,13,28H2,1H3,(H,30,37)(H,31,38)(H,32,36)(H,39,40). The quantitative estimate of drug-likeness (QED) is 0.124. The Morgan fingerprint density at radius 1 is 0.900 bits per heavy atom. The van der Waals surface area contributed by atoms with Crippen LogP contribution in [0.3, 0.4) is 0 Å². The number of carboxylic acids is 1. The van der Waals surface area contributed by atoms with Gasteiger partial charge in [0.1, 0.15) is 23.9 Å². The number of phenols is 1. The van der Waals surface area contributed by atoms with E-state index in [4.69, 9.17) is 5.73 Å². The van der Waals surface area contributed by atoms with Crippen molar-refractivity contribution < 1.29 is 39.6 Å². The maximum Gasteiger partial charge on any atom is 0.326 e. The van der Waals surface area contributed by atoms with Crippen LogP contribution in [0.4, 0.5) is 0 Å². The van der Waals surface area contributed by atoms with Crippen molar-refractivity contribution in [3.8, 4) is 5.75 Å². The molecule has 0 aliphatic heterocycles. The molecule has 10 N–H and O–H groups in total. The molecule has 3 rings (SSSR count). The van der Waals surface area contributed by atoms with Crippen molar-refractivity contribution in [3.63, 3.8) is 0 Å². The third-order valence-electron chi connectivity index (χ3n) is 6.32. The molecule has 13 nitrogen and oxygen atoms in total. The number of aliphatic hydroxyl groups is 2. The number of amides is 3. The van der Waals surface area contributed by atoms with Crippen molar-refractivity contribution in [2.75, 3.05) is 6.61 Å². The van der Waals surface area contributed by atoms with Crippen molar-refractivity contribution in [1.29, 1.82) is 0 Å². The number of carbonyl (C=O) groups is 4. The smallest absolute Gasteiger partial charge is 0.326 e. The molecule has 0 aliphatic rings. The summed E-state index contributed by atoms with van der Waals surface area (Å²) < 4.78 is 0. The molecule has 3 amide bonds. The second-order valence-electron chi connectivity index (χ2n) is 9.41. The number of benzene rings is 2. The lowest BCUT2D eigenvalue weighted by Gasteiger charge is -2.25. The number of aromatic hydroxyl groups is 1. The lowest BCUT2D eigenvalue weighted by molar-refractivity contribution is -0.142. The second-order valence-corrected chi connectivity index (χ2v) is 9.41. The first kappa shape index (κ1) is 30.1. The number of fused-ring (bicyclic) bond motifs is 1. The van der Waals surface area contributed by atoms with Gasteiger partial charge >= 0.3 is 5.97 Å². The zero-order valence-corrected chi connectivity index (χ0v) is 21.7. The van der Waals surface area contributed by atoms with Crippen molar-refractivity contribution in [2.24, 2.45) is 5.73 Å². The average Bonchev–Trinajstić information content (AvgIpc) is 3.33. The number of para-hydroxylation sites is 1. The molecule has 0 spiro atoms. The van der Waals surface area contributed by atoms with Crippen LogP contribution in [-0.4, -0.2) is 86.0 Å². The van der Waals surface area contributed by atoms with Crippen molar-refractivity contribution >= 4 is 34.6 Å². The summed E-state index contributed by atoms with van der Waals surface area (Å²) in [5.74, 6) is -3.99. The largest absolute Gasteiger partial charge is 0.508 e. The first-order valence-electron chi connectivity index (χ1n) is 12.5. The number of hydrogen-bond acceptors (Lipinski definition) is 8. The average molecular weight is 556 g/mol. The van der Waals surface area contributed by atoms with Gasteiger partial charge < -0.3 is 47.1 Å². The normalized spacial score (nSPS) is 14.9. The van der Waals surface area contributed by atoms with E-state index >= 15 is 0 Å². The number of aromatic nitrogens is 1. The highest BCUT2D eigenvalue weighted by Gasteiger charge is 2.32. The Labute approximate surface area is 229 Å². The number of aromatic amines is 1. The van der Waals surface area contributed by atoms with Gasteiger partial charge in [-0.25, -0.2) is 4.79 Å². The number of nitrogens with two attached hydrogens (primary N) is 1. The number of hydrogen-bond donors (Lipinski definition) is 9. The number of H-pyrrole nitrogens is 1. The number of nitrogens with one attached hydrogen (secondary N) is 4. The highest BCUT2D eigenvalue weighted by Crippen LogP contribution is 2.19. The first-order chi connectivity index (χ1) is 19.0. The first-order valence-corrected chi connectivity index (χ1v) is 12.5. The molecule has 3 aromatic rings. The fourth-order valence-corrected chi connectivity index (χ4v) is 4.09. The van der Waals surface area contributed by atoms with Gasteiger partial charge in [-0.1, -0.05) is 30.3 Å². The van der Waals surface area contributed by atoms with Crippen LogP contribution in [0.25, 0.3) is 10.9 Å². The van der Waals surface area contributed by atoms with E-state index < -0.39 is 60.6 Å². The van der Waals surface area contributed by atoms with Gasteiger partial charge in [0, 0.05) is 23.5 Å². The molecular weight excluding hydrogens is 522 g/mol. The van der Waals surface area contributed by atoms with E-state index in [-0.39, 0.29) is 18.6 Å². The lowest BCUT2D eigenvalue weighted by atomic mass is 10.0. The lowest BCUT2D eigenvalue weighted by Crippen LogP contribution is -2.60. The van der Waals surface area contributed by atoms with E-state index in [9.17, 15) is 39.6 Å². The predicted molar refractivity (Wildman–Crippen MR) is 144 cm³/mol. The molecule has 40 heavy (non-hydrogen) atoms. The topological polar surface area (TPSA) is 227 Å². The number of phenolic OH excluding ortho intramolecular Hbond substituents is 1. The van der Waals surface area contributed by atoms with Crippen LogP contribution in [0.2, 0.25) is 0 Å². The summed E-state index contributed by atoms with van der Waals surface area (Å²) in [6.07, 6.45) is 0.249. The van der Waals surface area contributed by atoms with Crippen molar-refractivity contribution in [1.82, 2.24) is 20.9 Å². The molecule has 5 atom stereocenters. The van der Waals surface area contributed by atoms with Gasteiger partial charge in [-0.15, -0.1) is 0 Å². The summed E-state index contributed by atoms with van der Waals surface area (Å²) in [6, 6.07) is 7.69. The highest BCUT2D eigenvalue weighted by atomic mass is 16.4. The summed E-state index contributed by atoms with van der Waals surface area (Å²) in [4.78, 5) is 53.2.